The van der Waals surface area contributed by atoms with Crippen LogP contribution in [-0.2, 0) is 12.0 Å². The van der Waals surface area contributed by atoms with Crippen LogP contribution < -0.4 is 4.74 Å². The molecule has 0 radical (unpaired) electrons. The van der Waals surface area contributed by atoms with Crippen molar-refractivity contribution in [1.29, 1.82) is 0 Å². The van der Waals surface area contributed by atoms with Crippen molar-refractivity contribution < 1.29 is 15.7 Å². The van der Waals surface area contributed by atoms with Crippen LogP contribution in [0.4, 0.5) is 0 Å². The van der Waals surface area contributed by atoms with Crippen LogP contribution in [0.2, 0.25) is 0 Å². The molecule has 0 aromatic carbocycles. The van der Waals surface area contributed by atoms with Crippen LogP contribution in [0.5, 0.6) is 5.88 Å². The Hall–Kier alpha value is -1.03. The minimum atomic E-state index is -1.38. The van der Waals surface area contributed by atoms with Gasteiger partial charge >= 0.3 is 0 Å². The van der Waals surface area contributed by atoms with Gasteiger partial charge in [-0.15, -0.1) is 0 Å². The Morgan fingerprint density at radius 3 is 2.62 bits per heavy atom. The van der Waals surface area contributed by atoms with Crippen LogP contribution in [0.25, 0.3) is 0 Å². The van der Waals surface area contributed by atoms with Gasteiger partial charge < -0.3 is 14.4 Å². The number of rotatable bonds is 2. The molecule has 13 heavy (non-hydrogen) atoms. The maximum absolute atomic E-state index is 9.26. The van der Waals surface area contributed by atoms with Crippen molar-refractivity contribution in [2.75, 3.05) is 7.11 Å². The lowest BCUT2D eigenvalue weighted by Gasteiger charge is -2.14. The van der Waals surface area contributed by atoms with E-state index in [-0.39, 0.29) is 11.3 Å². The molecule has 0 saturated heterocycles. The Balaban J connectivity index is 3.25. The molecule has 1 atom stereocenters. The molecule has 0 aliphatic heterocycles. The number of aliphatic hydroxyl groups is 1. The van der Waals surface area contributed by atoms with Gasteiger partial charge in [0.05, 0.1) is 20.6 Å². The second-order valence-corrected chi connectivity index (χ2v) is 3.81. The van der Waals surface area contributed by atoms with Gasteiger partial charge in [0.25, 0.3) is 5.88 Å². The molecule has 1 aromatic rings. The van der Waals surface area contributed by atoms with Gasteiger partial charge in [-0.25, -0.2) is 0 Å². The average Bonchev–Trinajstić information content (AvgIpc) is 2.45. The third kappa shape index (κ3) is 1.83. The van der Waals surface area contributed by atoms with Crippen molar-refractivity contribution >= 4 is 0 Å². The normalized spacial score (nSPS) is 15.3. The lowest BCUT2D eigenvalue weighted by atomic mass is 9.90. The summed E-state index contributed by atoms with van der Waals surface area (Å²) >= 11 is 0. The fourth-order valence-electron chi connectivity index (χ4n) is 1.08. The molecule has 1 aromatic heterocycles. The molecule has 0 spiro atoms. The maximum Gasteiger partial charge on any atom is 0.259 e. The molecular formula is C9H15NO3. The van der Waals surface area contributed by atoms with Gasteiger partial charge in [-0.05, 0) is 5.16 Å². The summed E-state index contributed by atoms with van der Waals surface area (Å²) in [6.07, 6.45) is 0. The molecule has 0 amide bonds. The van der Waals surface area contributed by atoms with Gasteiger partial charge in [-0.2, -0.15) is 0 Å². The molecule has 0 saturated carbocycles. The first kappa shape index (κ1) is 8.56. The number of aliphatic hydroxyl groups excluding tert-OH is 1. The van der Waals surface area contributed by atoms with E-state index < -0.39 is 6.58 Å². The van der Waals surface area contributed by atoms with Gasteiger partial charge in [0.1, 0.15) is 0 Å². The van der Waals surface area contributed by atoms with E-state index in [1.54, 1.807) is 0 Å². The van der Waals surface area contributed by atoms with E-state index in [0.29, 0.717) is 11.3 Å². The van der Waals surface area contributed by atoms with Crippen molar-refractivity contribution in [2.24, 2.45) is 0 Å². The predicted molar refractivity (Wildman–Crippen MR) is 47.7 cm³/mol. The van der Waals surface area contributed by atoms with Gasteiger partial charge in [-0.3, -0.25) is 0 Å². The zero-order chi connectivity index (χ0) is 10.9. The smallest absolute Gasteiger partial charge is 0.259 e. The molecule has 0 aliphatic rings. The highest BCUT2D eigenvalue weighted by atomic mass is 16.5. The van der Waals surface area contributed by atoms with E-state index in [2.05, 4.69) is 5.16 Å². The van der Waals surface area contributed by atoms with E-state index in [4.69, 9.17) is 10.6 Å². The first-order valence-electron chi connectivity index (χ1n) is 4.60. The highest BCUT2D eigenvalue weighted by Crippen LogP contribution is 2.31. The summed E-state index contributed by atoms with van der Waals surface area (Å²) in [7, 11) is 1.43. The van der Waals surface area contributed by atoms with Crippen molar-refractivity contribution in [3.05, 3.63) is 11.3 Å². The van der Waals surface area contributed by atoms with Crippen molar-refractivity contribution in [3.63, 3.8) is 0 Å². The van der Waals surface area contributed by atoms with Crippen LogP contribution in [0.1, 0.15) is 33.5 Å². The van der Waals surface area contributed by atoms with Gasteiger partial charge in [0.2, 0.25) is 0 Å². The summed E-state index contributed by atoms with van der Waals surface area (Å²) in [6, 6.07) is 0. The predicted octanol–water partition coefficient (Wildman–Crippen LogP) is 1.47. The molecule has 4 heteroatoms. The van der Waals surface area contributed by atoms with Gasteiger partial charge in [-0.1, -0.05) is 20.8 Å². The van der Waals surface area contributed by atoms with Gasteiger partial charge in [0, 0.05) is 5.41 Å². The van der Waals surface area contributed by atoms with Crippen molar-refractivity contribution in [3.8, 4) is 5.88 Å². The summed E-state index contributed by atoms with van der Waals surface area (Å²) < 4.78 is 17.2. The summed E-state index contributed by atoms with van der Waals surface area (Å²) in [5.41, 5.74) is 0.00113. The summed E-state index contributed by atoms with van der Waals surface area (Å²) in [6.45, 7) is 4.36. The highest BCUT2D eigenvalue weighted by molar-refractivity contribution is 5.31. The molecule has 74 valence electrons. The van der Waals surface area contributed by atoms with Crippen LogP contribution in [0.15, 0.2) is 4.52 Å². The molecule has 0 aliphatic carbocycles. The second-order valence-electron chi connectivity index (χ2n) is 3.81. The standard InChI is InChI=1S/C9H15NO3/c1-9(2,3)7-6(5-11)8(12-4)10-13-7/h11H,5H2,1-4H3/i5T/t5-/m1/s1. The number of ether oxygens (including phenoxy) is 1. The number of methoxy groups -OCH3 is 1. The van der Waals surface area contributed by atoms with E-state index in [9.17, 15) is 5.11 Å². The SMILES string of the molecule is [3H][C@@H](O)c1c(OC)noc1C(C)(C)C. The summed E-state index contributed by atoms with van der Waals surface area (Å²) in [5.74, 6) is 0.661. The molecule has 0 unspecified atom stereocenters. The summed E-state index contributed by atoms with van der Waals surface area (Å²) in [4.78, 5) is 0. The first-order valence-corrected chi connectivity index (χ1v) is 4.02. The molecule has 4 nitrogen and oxygen atoms in total. The van der Waals surface area contributed by atoms with Crippen molar-refractivity contribution in [1.82, 2.24) is 5.16 Å². The Kier molecular flexibility index (Phi) is 2.22. The monoisotopic (exact) mass is 187 g/mol. The molecule has 0 fully saturated rings. The molecule has 0 bridgehead atoms. The minimum Gasteiger partial charge on any atom is -0.479 e. The minimum absolute atomic E-state index is 0.178. The number of nitrogens with zero attached hydrogens (tertiary/aromatic N) is 1. The Bertz CT molecular complexity index is 314. The number of hydrogen-bond donors (Lipinski definition) is 1. The van der Waals surface area contributed by atoms with E-state index in [1.807, 2.05) is 20.8 Å². The maximum atomic E-state index is 9.26. The quantitative estimate of drug-likeness (QED) is 0.761. The number of hydrogen-bond acceptors (Lipinski definition) is 4. The molecule has 1 N–H and O–H groups in total. The van der Waals surface area contributed by atoms with Crippen LogP contribution in [0.3, 0.4) is 0 Å². The van der Waals surface area contributed by atoms with Crippen LogP contribution >= 0.6 is 0 Å². The molecule has 1 heterocycles. The fraction of sp³-hybridized carbons (Fsp3) is 0.667. The van der Waals surface area contributed by atoms with Crippen LogP contribution in [-0.4, -0.2) is 17.4 Å². The third-order valence-corrected chi connectivity index (χ3v) is 1.70. The third-order valence-electron chi connectivity index (χ3n) is 1.70. The lowest BCUT2D eigenvalue weighted by molar-refractivity contribution is 0.267. The average molecular weight is 187 g/mol. The first-order chi connectivity index (χ1) is 6.38. The zero-order valence-electron chi connectivity index (χ0n) is 9.29. The van der Waals surface area contributed by atoms with E-state index in [1.165, 1.54) is 7.11 Å². The largest absolute Gasteiger partial charge is 0.479 e. The van der Waals surface area contributed by atoms with Crippen molar-refractivity contribution in [2.45, 2.75) is 32.8 Å². The fourth-order valence-corrected chi connectivity index (χ4v) is 1.08. The highest BCUT2D eigenvalue weighted by Gasteiger charge is 2.26. The molecular weight excluding hydrogens is 170 g/mol. The van der Waals surface area contributed by atoms with E-state index >= 15 is 0 Å². The van der Waals surface area contributed by atoms with Crippen LogP contribution in [0, 0.1) is 0 Å². The Labute approximate surface area is 78.9 Å². The zero-order valence-corrected chi connectivity index (χ0v) is 8.29. The van der Waals surface area contributed by atoms with E-state index in [0.717, 1.165) is 0 Å². The number of aromatic nitrogens is 1. The Morgan fingerprint density at radius 1 is 1.62 bits per heavy atom. The summed E-state index contributed by atoms with van der Waals surface area (Å²) in [5, 5.41) is 12.9. The Morgan fingerprint density at radius 2 is 2.23 bits per heavy atom. The lowest BCUT2D eigenvalue weighted by Crippen LogP contribution is -2.12. The topological polar surface area (TPSA) is 55.5 Å². The van der Waals surface area contributed by atoms with Gasteiger partial charge in [0.15, 0.2) is 5.76 Å². The molecule has 1 rings (SSSR count). The second kappa shape index (κ2) is 3.38.